The van der Waals surface area contributed by atoms with E-state index in [0.717, 1.165) is 11.1 Å². The third-order valence-corrected chi connectivity index (χ3v) is 2.49. The Balaban J connectivity index is 2.28. The lowest BCUT2D eigenvalue weighted by Crippen LogP contribution is -2.13. The van der Waals surface area contributed by atoms with Crippen molar-refractivity contribution >= 4 is 17.3 Å². The molecule has 3 N–H and O–H groups in total. The van der Waals surface area contributed by atoms with Gasteiger partial charge >= 0.3 is 0 Å². The van der Waals surface area contributed by atoms with Crippen LogP contribution in [0, 0.1) is 13.8 Å². The Hall–Kier alpha value is -2.23. The second-order valence-corrected chi connectivity index (χ2v) is 3.98. The average molecular weight is 230 g/mol. The Morgan fingerprint density at radius 3 is 2.71 bits per heavy atom. The van der Waals surface area contributed by atoms with Crippen LogP contribution in [-0.2, 0) is 0 Å². The number of furan rings is 1. The van der Waals surface area contributed by atoms with Crippen molar-refractivity contribution < 1.29 is 9.21 Å². The van der Waals surface area contributed by atoms with Crippen LogP contribution in [0.25, 0.3) is 0 Å². The molecular weight excluding hydrogens is 216 g/mol. The molecule has 0 aliphatic heterocycles. The van der Waals surface area contributed by atoms with Crippen molar-refractivity contribution in [1.29, 1.82) is 0 Å². The number of aryl methyl sites for hydroxylation is 2. The summed E-state index contributed by atoms with van der Waals surface area (Å²) in [5.41, 5.74) is 9.07. The molecule has 0 fully saturated rings. The molecule has 0 saturated heterocycles. The van der Waals surface area contributed by atoms with Crippen LogP contribution in [0.15, 0.2) is 34.9 Å². The van der Waals surface area contributed by atoms with E-state index in [1.54, 1.807) is 12.1 Å². The van der Waals surface area contributed by atoms with Crippen LogP contribution < -0.4 is 11.1 Å². The largest absolute Gasteiger partial charge is 0.459 e. The van der Waals surface area contributed by atoms with Gasteiger partial charge in [0.15, 0.2) is 5.76 Å². The van der Waals surface area contributed by atoms with Crippen LogP contribution in [-0.4, -0.2) is 5.91 Å². The van der Waals surface area contributed by atoms with Gasteiger partial charge in [-0.15, -0.1) is 0 Å². The van der Waals surface area contributed by atoms with Gasteiger partial charge in [0.2, 0.25) is 0 Å². The van der Waals surface area contributed by atoms with Crippen LogP contribution in [0.2, 0.25) is 0 Å². The Morgan fingerprint density at radius 1 is 1.35 bits per heavy atom. The summed E-state index contributed by atoms with van der Waals surface area (Å²) >= 11 is 0. The van der Waals surface area contributed by atoms with Gasteiger partial charge in [-0.25, -0.2) is 0 Å². The maximum atomic E-state index is 11.8. The number of carbonyl (C=O) groups excluding carboxylic acids is 1. The highest BCUT2D eigenvalue weighted by atomic mass is 16.3. The van der Waals surface area contributed by atoms with Gasteiger partial charge in [-0.1, -0.05) is 6.07 Å². The third kappa shape index (κ3) is 2.30. The molecule has 4 nitrogen and oxygen atoms in total. The van der Waals surface area contributed by atoms with Gasteiger partial charge in [0, 0.05) is 0 Å². The van der Waals surface area contributed by atoms with E-state index in [1.807, 2.05) is 26.0 Å². The number of amides is 1. The van der Waals surface area contributed by atoms with E-state index in [2.05, 4.69) is 5.32 Å². The maximum Gasteiger partial charge on any atom is 0.291 e. The molecule has 0 spiro atoms. The average Bonchev–Trinajstić information content (AvgIpc) is 2.76. The Bertz CT molecular complexity index is 522. The molecule has 0 unspecified atom stereocenters. The Morgan fingerprint density at radius 2 is 2.12 bits per heavy atom. The summed E-state index contributed by atoms with van der Waals surface area (Å²) in [6.45, 7) is 3.86. The van der Waals surface area contributed by atoms with Crippen molar-refractivity contribution in [2.45, 2.75) is 13.8 Å². The molecule has 0 radical (unpaired) electrons. The van der Waals surface area contributed by atoms with Crippen molar-refractivity contribution in [1.82, 2.24) is 0 Å². The first-order chi connectivity index (χ1) is 8.08. The van der Waals surface area contributed by atoms with Gasteiger partial charge in [0.1, 0.15) is 0 Å². The molecule has 1 heterocycles. The minimum absolute atomic E-state index is 0.268. The summed E-state index contributed by atoms with van der Waals surface area (Å²) in [5, 5.41) is 2.75. The zero-order valence-corrected chi connectivity index (χ0v) is 9.78. The summed E-state index contributed by atoms with van der Waals surface area (Å²) in [6.07, 6.45) is 1.46. The zero-order valence-electron chi connectivity index (χ0n) is 9.78. The van der Waals surface area contributed by atoms with E-state index in [0.29, 0.717) is 11.4 Å². The molecule has 88 valence electrons. The topological polar surface area (TPSA) is 68.3 Å². The molecule has 17 heavy (non-hydrogen) atoms. The van der Waals surface area contributed by atoms with Crippen LogP contribution in [0.4, 0.5) is 11.4 Å². The SMILES string of the molecule is Cc1cc(C)c(NC(=O)c2ccco2)c(N)c1. The first kappa shape index (κ1) is 11.3. The Kier molecular flexibility index (Phi) is 2.87. The zero-order chi connectivity index (χ0) is 12.4. The van der Waals surface area contributed by atoms with Gasteiger partial charge < -0.3 is 15.5 Å². The number of nitrogens with two attached hydrogens (primary N) is 1. The summed E-state index contributed by atoms with van der Waals surface area (Å²) in [7, 11) is 0. The molecule has 0 aliphatic carbocycles. The fourth-order valence-corrected chi connectivity index (χ4v) is 1.75. The lowest BCUT2D eigenvalue weighted by atomic mass is 10.1. The minimum Gasteiger partial charge on any atom is -0.459 e. The van der Waals surface area contributed by atoms with Crippen molar-refractivity contribution in [3.63, 3.8) is 0 Å². The third-order valence-electron chi connectivity index (χ3n) is 2.49. The van der Waals surface area contributed by atoms with Crippen molar-refractivity contribution in [2.75, 3.05) is 11.1 Å². The molecule has 0 aliphatic rings. The van der Waals surface area contributed by atoms with E-state index < -0.39 is 0 Å². The number of hydrogen-bond acceptors (Lipinski definition) is 3. The number of nitrogens with one attached hydrogen (secondary N) is 1. The molecule has 4 heteroatoms. The molecule has 0 saturated carbocycles. The summed E-state index contributed by atoms with van der Waals surface area (Å²) in [4.78, 5) is 11.8. The summed E-state index contributed by atoms with van der Waals surface area (Å²) < 4.78 is 5.02. The van der Waals surface area contributed by atoms with Crippen molar-refractivity contribution in [3.8, 4) is 0 Å². The smallest absolute Gasteiger partial charge is 0.291 e. The van der Waals surface area contributed by atoms with Crippen LogP contribution in [0.5, 0.6) is 0 Å². The van der Waals surface area contributed by atoms with E-state index in [9.17, 15) is 4.79 Å². The minimum atomic E-state index is -0.298. The molecule has 1 aromatic heterocycles. The second kappa shape index (κ2) is 4.33. The fraction of sp³-hybridized carbons (Fsp3) is 0.154. The predicted molar refractivity (Wildman–Crippen MR) is 67.0 cm³/mol. The highest BCUT2D eigenvalue weighted by Gasteiger charge is 2.12. The number of hydrogen-bond donors (Lipinski definition) is 2. The normalized spacial score (nSPS) is 10.2. The molecule has 2 rings (SSSR count). The van der Waals surface area contributed by atoms with Gasteiger partial charge in [0.25, 0.3) is 5.91 Å². The quantitative estimate of drug-likeness (QED) is 0.779. The van der Waals surface area contributed by atoms with Crippen molar-refractivity contribution in [3.05, 3.63) is 47.4 Å². The highest BCUT2D eigenvalue weighted by Crippen LogP contribution is 2.25. The Labute approximate surface area is 99.4 Å². The molecule has 0 atom stereocenters. The lowest BCUT2D eigenvalue weighted by Gasteiger charge is -2.11. The predicted octanol–water partition coefficient (Wildman–Crippen LogP) is 2.73. The summed E-state index contributed by atoms with van der Waals surface area (Å²) in [6, 6.07) is 7.06. The number of rotatable bonds is 2. The van der Waals surface area contributed by atoms with Crippen LogP contribution in [0.1, 0.15) is 21.7 Å². The van der Waals surface area contributed by atoms with Gasteiger partial charge in [0.05, 0.1) is 17.6 Å². The molecule has 0 bridgehead atoms. The summed E-state index contributed by atoms with van der Waals surface area (Å²) in [5.74, 6) is -0.0296. The number of anilines is 2. The van der Waals surface area contributed by atoms with E-state index in [1.165, 1.54) is 6.26 Å². The van der Waals surface area contributed by atoms with Gasteiger partial charge in [-0.05, 0) is 43.2 Å². The van der Waals surface area contributed by atoms with Gasteiger partial charge in [-0.3, -0.25) is 4.79 Å². The number of carbonyl (C=O) groups is 1. The van der Waals surface area contributed by atoms with Crippen molar-refractivity contribution in [2.24, 2.45) is 0 Å². The molecule has 1 amide bonds. The number of nitrogen functional groups attached to an aromatic ring is 1. The van der Waals surface area contributed by atoms with E-state index >= 15 is 0 Å². The van der Waals surface area contributed by atoms with Crippen LogP contribution >= 0.6 is 0 Å². The second-order valence-electron chi connectivity index (χ2n) is 3.98. The monoisotopic (exact) mass is 230 g/mol. The lowest BCUT2D eigenvalue weighted by molar-refractivity contribution is 0.0996. The molecule has 2 aromatic rings. The first-order valence-electron chi connectivity index (χ1n) is 5.29. The molecular formula is C13H14N2O2. The van der Waals surface area contributed by atoms with E-state index in [4.69, 9.17) is 10.2 Å². The molecule has 1 aromatic carbocycles. The maximum absolute atomic E-state index is 11.8. The highest BCUT2D eigenvalue weighted by molar-refractivity contribution is 6.04. The van der Waals surface area contributed by atoms with Gasteiger partial charge in [-0.2, -0.15) is 0 Å². The fourth-order valence-electron chi connectivity index (χ4n) is 1.75. The van der Waals surface area contributed by atoms with E-state index in [-0.39, 0.29) is 11.7 Å². The number of benzene rings is 1. The standard InChI is InChI=1S/C13H14N2O2/c1-8-6-9(2)12(10(14)7-8)15-13(16)11-4-3-5-17-11/h3-7H,14H2,1-2H3,(H,15,16). The first-order valence-corrected chi connectivity index (χ1v) is 5.29. The van der Waals surface area contributed by atoms with Crippen LogP contribution in [0.3, 0.4) is 0 Å².